The fourth-order valence-corrected chi connectivity index (χ4v) is 7.27. The van der Waals surface area contributed by atoms with Crippen molar-refractivity contribution in [2.24, 2.45) is 4.99 Å². The van der Waals surface area contributed by atoms with E-state index in [2.05, 4.69) is 139 Å². The minimum Gasteiger partial charge on any atom is -0.345 e. The van der Waals surface area contributed by atoms with Crippen LogP contribution in [0.15, 0.2) is 185 Å². The maximum atomic E-state index is 10.7. The van der Waals surface area contributed by atoms with Crippen molar-refractivity contribution in [1.29, 1.82) is 5.26 Å². The second kappa shape index (κ2) is 14.4. The third kappa shape index (κ3) is 6.69. The van der Waals surface area contributed by atoms with E-state index in [0.717, 1.165) is 61.2 Å². The highest BCUT2D eigenvalue weighted by molar-refractivity contribution is 8.19. The van der Waals surface area contributed by atoms with Crippen molar-refractivity contribution in [3.63, 3.8) is 0 Å². The molecule has 1 aliphatic rings. The fourth-order valence-electron chi connectivity index (χ4n) is 6.01. The number of aliphatic imine (C=N–C) groups is 1. The van der Waals surface area contributed by atoms with Crippen LogP contribution in [0.5, 0.6) is 0 Å². The van der Waals surface area contributed by atoms with Gasteiger partial charge < -0.3 is 9.80 Å². The second-order valence-electron chi connectivity index (χ2n) is 11.7. The van der Waals surface area contributed by atoms with Crippen LogP contribution in [0, 0.1) is 11.3 Å². The number of allylic oxidation sites excluding steroid dienone is 1. The van der Waals surface area contributed by atoms with E-state index in [1.54, 1.807) is 11.8 Å². The third-order valence-electron chi connectivity index (χ3n) is 8.65. The molecule has 5 heteroatoms. The first-order chi connectivity index (χ1) is 24.1. The Balaban J connectivity index is 1.41. The van der Waals surface area contributed by atoms with Gasteiger partial charge in [0.25, 0.3) is 0 Å². The zero-order chi connectivity index (χ0) is 33.6. The highest BCUT2D eigenvalue weighted by Crippen LogP contribution is 2.50. The predicted molar refractivity (Wildman–Crippen MR) is 208 cm³/mol. The summed E-state index contributed by atoms with van der Waals surface area (Å²) in [5.74, 6) is 0. The van der Waals surface area contributed by atoms with E-state index in [1.807, 2.05) is 60.7 Å². The molecular weight excluding hydrogens is 617 g/mol. The van der Waals surface area contributed by atoms with E-state index in [-0.39, 0.29) is 0 Å². The lowest BCUT2D eigenvalue weighted by Crippen LogP contribution is -2.09. The van der Waals surface area contributed by atoms with E-state index < -0.39 is 0 Å². The van der Waals surface area contributed by atoms with Crippen LogP contribution in [-0.4, -0.2) is 19.1 Å². The first kappa shape index (κ1) is 31.5. The number of thioether (sulfide) groups is 1. The van der Waals surface area contributed by atoms with Crippen LogP contribution in [0.3, 0.4) is 0 Å². The van der Waals surface area contributed by atoms with E-state index in [9.17, 15) is 5.26 Å². The number of nitriles is 1. The van der Waals surface area contributed by atoms with E-state index >= 15 is 0 Å². The van der Waals surface area contributed by atoms with Crippen molar-refractivity contribution >= 4 is 56.4 Å². The van der Waals surface area contributed by atoms with Crippen molar-refractivity contribution in [3.05, 3.63) is 197 Å². The van der Waals surface area contributed by atoms with Crippen LogP contribution in [-0.2, 0) is 0 Å². The lowest BCUT2D eigenvalue weighted by Gasteiger charge is -2.22. The minimum absolute atomic E-state index is 0.577. The van der Waals surface area contributed by atoms with Crippen molar-refractivity contribution in [2.45, 2.75) is 0 Å². The van der Waals surface area contributed by atoms with E-state index in [4.69, 9.17) is 4.99 Å². The lowest BCUT2D eigenvalue weighted by atomic mass is 9.91. The number of hydrogen-bond acceptors (Lipinski definition) is 5. The number of anilines is 4. The predicted octanol–water partition coefficient (Wildman–Crippen LogP) is 11.4. The van der Waals surface area contributed by atoms with Gasteiger partial charge >= 0.3 is 0 Å². The highest BCUT2D eigenvalue weighted by atomic mass is 32.2. The van der Waals surface area contributed by atoms with Gasteiger partial charge in [-0.05, 0) is 77.4 Å². The summed E-state index contributed by atoms with van der Waals surface area (Å²) in [6.07, 6.45) is 0. The Labute approximate surface area is 292 Å². The Bertz CT molecular complexity index is 2090. The van der Waals surface area contributed by atoms with Gasteiger partial charge in [-0.15, -0.1) is 0 Å². The quantitative estimate of drug-likeness (QED) is 0.164. The number of para-hydroxylation sites is 3. The number of rotatable bonds is 8. The molecule has 0 atom stereocenters. The summed E-state index contributed by atoms with van der Waals surface area (Å²) < 4.78 is 0. The molecule has 0 aromatic heterocycles. The van der Waals surface area contributed by atoms with E-state index in [1.165, 1.54) is 0 Å². The molecule has 1 heterocycles. The summed E-state index contributed by atoms with van der Waals surface area (Å²) in [7, 11) is 4.17. The maximum absolute atomic E-state index is 10.7. The summed E-state index contributed by atoms with van der Waals surface area (Å²) >= 11 is 1.57. The monoisotopic (exact) mass is 650 g/mol. The Kier molecular flexibility index (Phi) is 9.23. The molecule has 0 radical (unpaired) electrons. The largest absolute Gasteiger partial charge is 0.345 e. The Morgan fingerprint density at radius 1 is 0.531 bits per heavy atom. The molecule has 7 rings (SSSR count). The Morgan fingerprint density at radius 3 is 1.39 bits per heavy atom. The van der Waals surface area contributed by atoms with Gasteiger partial charge in [0.15, 0.2) is 0 Å². The maximum Gasteiger partial charge on any atom is 0.120 e. The SMILES string of the molecule is CN(c1ccccc1)c1ccc(C(=C2SC(=Nc3ccccc3)C(C#N)=C2c2ccccc2)c2ccc(N(C)c3ccccc3)cc2)cc1. The van der Waals surface area contributed by atoms with Gasteiger partial charge in [0.1, 0.15) is 11.1 Å². The molecule has 4 nitrogen and oxygen atoms in total. The molecule has 236 valence electrons. The molecule has 0 saturated heterocycles. The topological polar surface area (TPSA) is 42.6 Å². The van der Waals surface area contributed by atoms with Crippen LogP contribution in [0.25, 0.3) is 11.1 Å². The molecule has 0 aliphatic carbocycles. The third-order valence-corrected chi connectivity index (χ3v) is 9.75. The average Bonchev–Trinajstić information content (AvgIpc) is 3.53. The van der Waals surface area contributed by atoms with E-state index in [0.29, 0.717) is 10.6 Å². The Morgan fingerprint density at radius 2 is 0.939 bits per heavy atom. The van der Waals surface area contributed by atoms with Gasteiger partial charge in [0, 0.05) is 52.9 Å². The number of nitrogens with zero attached hydrogens (tertiary/aromatic N) is 4. The molecule has 0 amide bonds. The molecule has 6 aromatic rings. The van der Waals surface area contributed by atoms with Gasteiger partial charge in [-0.3, -0.25) is 0 Å². The fraction of sp³-hybridized carbons (Fsp3) is 0.0455. The van der Waals surface area contributed by atoms with Gasteiger partial charge in [-0.2, -0.15) is 5.26 Å². The molecule has 0 saturated carbocycles. The molecule has 49 heavy (non-hydrogen) atoms. The number of hydrogen-bond donors (Lipinski definition) is 0. The molecule has 0 unspecified atom stereocenters. The summed E-state index contributed by atoms with van der Waals surface area (Å²) in [6.45, 7) is 0. The standard InChI is InChI=1S/C44H34N4S/c1-47(36-19-11-5-12-20-36)38-27-23-33(24-28-38)41(34-25-29-39(30-26-34)48(2)37-21-13-6-14-22-37)43-42(32-15-7-3-8-16-32)40(31-45)44(49-43)46-35-17-9-4-10-18-35/h3-30H,1-2H3. The highest BCUT2D eigenvalue weighted by Gasteiger charge is 2.32. The van der Waals surface area contributed by atoms with Gasteiger partial charge in [-0.1, -0.05) is 121 Å². The van der Waals surface area contributed by atoms with Crippen molar-refractivity contribution in [3.8, 4) is 6.07 Å². The second-order valence-corrected chi connectivity index (χ2v) is 12.7. The zero-order valence-corrected chi connectivity index (χ0v) is 28.2. The molecule has 1 aliphatic heterocycles. The van der Waals surface area contributed by atoms with Crippen molar-refractivity contribution in [1.82, 2.24) is 0 Å². The summed E-state index contributed by atoms with van der Waals surface area (Å²) in [4.78, 5) is 10.4. The molecule has 6 aromatic carbocycles. The van der Waals surface area contributed by atoms with Crippen molar-refractivity contribution < 1.29 is 0 Å². The molecule has 0 bridgehead atoms. The van der Waals surface area contributed by atoms with Crippen LogP contribution in [0.1, 0.15) is 16.7 Å². The number of benzene rings is 6. The summed E-state index contributed by atoms with van der Waals surface area (Å²) in [6, 6.07) is 60.7. The van der Waals surface area contributed by atoms with Crippen LogP contribution >= 0.6 is 11.8 Å². The van der Waals surface area contributed by atoms with Gasteiger partial charge in [0.2, 0.25) is 0 Å². The van der Waals surface area contributed by atoms with Crippen LogP contribution in [0.4, 0.5) is 28.4 Å². The van der Waals surface area contributed by atoms with Crippen LogP contribution < -0.4 is 9.80 Å². The van der Waals surface area contributed by atoms with Crippen LogP contribution in [0.2, 0.25) is 0 Å². The first-order valence-corrected chi connectivity index (χ1v) is 17.0. The Hall–Kier alpha value is -6.09. The smallest absolute Gasteiger partial charge is 0.120 e. The molecular formula is C44H34N4S. The summed E-state index contributed by atoms with van der Waals surface area (Å²) in [5.41, 5.74) is 10.8. The first-order valence-electron chi connectivity index (χ1n) is 16.2. The molecule has 0 spiro atoms. The normalized spacial score (nSPS) is 13.3. The zero-order valence-electron chi connectivity index (χ0n) is 27.4. The summed E-state index contributed by atoms with van der Waals surface area (Å²) in [5, 5.41) is 11.4. The van der Waals surface area contributed by atoms with Gasteiger partial charge in [0.05, 0.1) is 11.3 Å². The van der Waals surface area contributed by atoms with Gasteiger partial charge in [-0.25, -0.2) is 4.99 Å². The van der Waals surface area contributed by atoms with Crippen molar-refractivity contribution in [2.75, 3.05) is 23.9 Å². The molecule has 0 N–H and O–H groups in total. The minimum atomic E-state index is 0.577. The lowest BCUT2D eigenvalue weighted by molar-refractivity contribution is 1.21. The average molecular weight is 651 g/mol. The molecule has 0 fully saturated rings.